The summed E-state index contributed by atoms with van der Waals surface area (Å²) in [5, 5.41) is 7.07. The van der Waals surface area contributed by atoms with Crippen LogP contribution in [0.2, 0.25) is 5.02 Å². The number of hydrogen-bond acceptors (Lipinski definition) is 2. The monoisotopic (exact) mass is 280 g/mol. The van der Waals surface area contributed by atoms with Crippen LogP contribution in [0.4, 0.5) is 0 Å². The molecule has 19 heavy (non-hydrogen) atoms. The van der Waals surface area contributed by atoms with E-state index in [1.807, 2.05) is 24.3 Å². The van der Waals surface area contributed by atoms with Crippen molar-refractivity contribution in [2.45, 2.75) is 25.7 Å². The van der Waals surface area contributed by atoms with Gasteiger partial charge in [0.25, 0.3) is 0 Å². The lowest BCUT2D eigenvalue weighted by molar-refractivity contribution is -0.122. The van der Waals surface area contributed by atoms with Gasteiger partial charge in [-0.1, -0.05) is 23.7 Å². The number of nitrogens with one attached hydrogen (secondary N) is 2. The number of amides is 1. The molecule has 1 aliphatic rings. The number of piperidine rings is 1. The third-order valence-electron chi connectivity index (χ3n) is 3.50. The maximum atomic E-state index is 11.8. The smallest absolute Gasteiger partial charge is 0.220 e. The molecule has 2 rings (SSSR count). The molecule has 0 spiro atoms. The molecule has 104 valence electrons. The molecular weight excluding hydrogens is 260 g/mol. The molecule has 1 heterocycles. The van der Waals surface area contributed by atoms with Gasteiger partial charge in [0.2, 0.25) is 5.91 Å². The molecule has 0 bridgehead atoms. The molecule has 0 radical (unpaired) electrons. The third kappa shape index (κ3) is 5.21. The summed E-state index contributed by atoms with van der Waals surface area (Å²) >= 11 is 5.92. The molecule has 4 heteroatoms. The zero-order valence-electron chi connectivity index (χ0n) is 11.1. The van der Waals surface area contributed by atoms with Crippen LogP contribution in [0.15, 0.2) is 24.3 Å². The number of halogens is 1. The number of hydrogen-bond donors (Lipinski definition) is 2. The summed E-state index contributed by atoms with van der Waals surface area (Å²) in [6.45, 7) is 2.74. The first-order valence-corrected chi connectivity index (χ1v) is 7.33. The number of benzene rings is 1. The lowest BCUT2D eigenvalue weighted by atomic mass is 9.96. The first kappa shape index (κ1) is 14.4. The van der Waals surface area contributed by atoms with Gasteiger partial charge < -0.3 is 10.6 Å². The Bertz CT molecular complexity index is 416. The summed E-state index contributed by atoms with van der Waals surface area (Å²) < 4.78 is 0. The second-order valence-electron chi connectivity index (χ2n) is 5.15. The van der Waals surface area contributed by atoms with E-state index in [-0.39, 0.29) is 5.91 Å². The zero-order chi connectivity index (χ0) is 13.5. The molecule has 1 aromatic rings. The Morgan fingerprint density at radius 3 is 3.11 bits per heavy atom. The van der Waals surface area contributed by atoms with E-state index in [1.165, 1.54) is 6.42 Å². The Morgan fingerprint density at radius 2 is 2.37 bits per heavy atom. The van der Waals surface area contributed by atoms with Crippen LogP contribution in [0.3, 0.4) is 0 Å². The van der Waals surface area contributed by atoms with E-state index < -0.39 is 0 Å². The van der Waals surface area contributed by atoms with Crippen molar-refractivity contribution >= 4 is 17.5 Å². The molecule has 1 aliphatic heterocycles. The van der Waals surface area contributed by atoms with Crippen LogP contribution >= 0.6 is 11.6 Å². The van der Waals surface area contributed by atoms with Crippen LogP contribution in [0.25, 0.3) is 0 Å². The van der Waals surface area contributed by atoms with Gasteiger partial charge >= 0.3 is 0 Å². The molecule has 0 aliphatic carbocycles. The van der Waals surface area contributed by atoms with Crippen molar-refractivity contribution in [1.82, 2.24) is 10.6 Å². The normalized spacial score (nSPS) is 19.1. The minimum atomic E-state index is 0.163. The Hall–Kier alpha value is -1.06. The number of rotatable bonds is 5. The number of carbonyl (C=O) groups excluding carboxylic acids is 1. The topological polar surface area (TPSA) is 41.1 Å². The molecule has 1 atom stereocenters. The first-order chi connectivity index (χ1) is 9.24. The van der Waals surface area contributed by atoms with Gasteiger partial charge in [-0.05, 0) is 56.0 Å². The summed E-state index contributed by atoms with van der Waals surface area (Å²) in [4.78, 5) is 11.8. The summed E-state index contributed by atoms with van der Waals surface area (Å²) in [6.07, 6.45) is 3.81. The van der Waals surface area contributed by atoms with Crippen molar-refractivity contribution in [2.24, 2.45) is 5.92 Å². The minimum absolute atomic E-state index is 0.163. The van der Waals surface area contributed by atoms with Crippen LogP contribution in [0.5, 0.6) is 0 Å². The molecule has 3 nitrogen and oxygen atoms in total. The molecular formula is C15H21ClN2O. The van der Waals surface area contributed by atoms with Gasteiger partial charge in [0.1, 0.15) is 0 Å². The lowest BCUT2D eigenvalue weighted by Gasteiger charge is -2.22. The largest absolute Gasteiger partial charge is 0.356 e. The highest BCUT2D eigenvalue weighted by atomic mass is 35.5. The van der Waals surface area contributed by atoms with Crippen LogP contribution in [-0.2, 0) is 11.2 Å². The fraction of sp³-hybridized carbons (Fsp3) is 0.533. The SMILES string of the molecule is O=C(CC1CCCNC1)NCCc1cccc(Cl)c1. The van der Waals surface area contributed by atoms with Crippen molar-refractivity contribution < 1.29 is 4.79 Å². The van der Waals surface area contributed by atoms with E-state index in [4.69, 9.17) is 11.6 Å². The van der Waals surface area contributed by atoms with Crippen molar-refractivity contribution in [3.8, 4) is 0 Å². The molecule has 0 saturated carbocycles. The van der Waals surface area contributed by atoms with Gasteiger partial charge in [-0.25, -0.2) is 0 Å². The molecule has 0 aromatic heterocycles. The van der Waals surface area contributed by atoms with Gasteiger partial charge in [-0.2, -0.15) is 0 Å². The van der Waals surface area contributed by atoms with E-state index in [0.29, 0.717) is 18.9 Å². The van der Waals surface area contributed by atoms with Gasteiger partial charge in [-0.15, -0.1) is 0 Å². The van der Waals surface area contributed by atoms with Gasteiger partial charge in [-0.3, -0.25) is 4.79 Å². The Kier molecular flexibility index (Phi) is 5.67. The molecule has 2 N–H and O–H groups in total. The van der Waals surface area contributed by atoms with Crippen molar-refractivity contribution in [3.63, 3.8) is 0 Å². The predicted octanol–water partition coefficient (Wildman–Crippen LogP) is 2.39. The fourth-order valence-electron chi connectivity index (χ4n) is 2.47. The molecule has 1 saturated heterocycles. The summed E-state index contributed by atoms with van der Waals surface area (Å²) in [7, 11) is 0. The summed E-state index contributed by atoms with van der Waals surface area (Å²) in [5.74, 6) is 0.663. The lowest BCUT2D eigenvalue weighted by Crippen LogP contribution is -2.34. The Balaban J connectivity index is 1.66. The van der Waals surface area contributed by atoms with E-state index in [9.17, 15) is 4.79 Å². The van der Waals surface area contributed by atoms with Crippen LogP contribution in [-0.4, -0.2) is 25.5 Å². The Labute approximate surface area is 119 Å². The second kappa shape index (κ2) is 7.51. The zero-order valence-corrected chi connectivity index (χ0v) is 11.9. The summed E-state index contributed by atoms with van der Waals surface area (Å²) in [6, 6.07) is 7.77. The van der Waals surface area contributed by atoms with Crippen molar-refractivity contribution in [1.29, 1.82) is 0 Å². The fourth-order valence-corrected chi connectivity index (χ4v) is 2.68. The maximum Gasteiger partial charge on any atom is 0.220 e. The predicted molar refractivity (Wildman–Crippen MR) is 78.4 cm³/mol. The van der Waals surface area contributed by atoms with Crippen LogP contribution in [0, 0.1) is 5.92 Å². The van der Waals surface area contributed by atoms with E-state index >= 15 is 0 Å². The number of carbonyl (C=O) groups is 1. The van der Waals surface area contributed by atoms with Gasteiger partial charge in [0, 0.05) is 18.0 Å². The molecule has 1 amide bonds. The van der Waals surface area contributed by atoms with Crippen LogP contribution < -0.4 is 10.6 Å². The average molecular weight is 281 g/mol. The minimum Gasteiger partial charge on any atom is -0.356 e. The Morgan fingerprint density at radius 1 is 1.47 bits per heavy atom. The van der Waals surface area contributed by atoms with Crippen molar-refractivity contribution in [2.75, 3.05) is 19.6 Å². The highest BCUT2D eigenvalue weighted by Crippen LogP contribution is 2.14. The average Bonchev–Trinajstić information content (AvgIpc) is 2.40. The quantitative estimate of drug-likeness (QED) is 0.870. The molecule has 1 fully saturated rings. The molecule has 1 unspecified atom stereocenters. The third-order valence-corrected chi connectivity index (χ3v) is 3.73. The van der Waals surface area contributed by atoms with E-state index in [2.05, 4.69) is 10.6 Å². The first-order valence-electron chi connectivity index (χ1n) is 6.96. The second-order valence-corrected chi connectivity index (χ2v) is 5.58. The standard InChI is InChI=1S/C15H21ClN2O/c16-14-5-1-3-12(9-14)6-8-18-15(19)10-13-4-2-7-17-11-13/h1,3,5,9,13,17H,2,4,6-8,10-11H2,(H,18,19). The highest BCUT2D eigenvalue weighted by molar-refractivity contribution is 6.30. The van der Waals surface area contributed by atoms with Crippen molar-refractivity contribution in [3.05, 3.63) is 34.9 Å². The molecule has 1 aromatic carbocycles. The van der Waals surface area contributed by atoms with E-state index in [1.54, 1.807) is 0 Å². The van der Waals surface area contributed by atoms with Crippen LogP contribution in [0.1, 0.15) is 24.8 Å². The van der Waals surface area contributed by atoms with Gasteiger partial charge in [0.05, 0.1) is 0 Å². The van der Waals surface area contributed by atoms with E-state index in [0.717, 1.165) is 36.5 Å². The highest BCUT2D eigenvalue weighted by Gasteiger charge is 2.16. The summed E-state index contributed by atoms with van der Waals surface area (Å²) in [5.41, 5.74) is 1.16. The van der Waals surface area contributed by atoms with Gasteiger partial charge in [0.15, 0.2) is 0 Å². The maximum absolute atomic E-state index is 11.8.